The number of hydrogen-bond donors (Lipinski definition) is 3. The Kier molecular flexibility index (Phi) is 8.28. The molecule has 27 heavy (non-hydrogen) atoms. The summed E-state index contributed by atoms with van der Waals surface area (Å²) in [7, 11) is 0. The van der Waals surface area contributed by atoms with E-state index in [0.29, 0.717) is 5.56 Å². The van der Waals surface area contributed by atoms with Gasteiger partial charge in [0.05, 0.1) is 6.54 Å². The number of aromatic hydroxyl groups is 1. The van der Waals surface area contributed by atoms with Gasteiger partial charge < -0.3 is 20.5 Å². The van der Waals surface area contributed by atoms with Crippen LogP contribution in [-0.2, 0) is 14.3 Å². The fourth-order valence-electron chi connectivity index (χ4n) is 2.42. The zero-order valence-corrected chi connectivity index (χ0v) is 16.9. The normalized spacial score (nSPS) is 11.0. The number of benzene rings is 1. The number of amides is 2. The zero-order valence-electron chi connectivity index (χ0n) is 16.9. The first kappa shape index (κ1) is 22.5. The Labute approximate surface area is 160 Å². The van der Waals surface area contributed by atoms with Crippen molar-refractivity contribution in [3.8, 4) is 5.75 Å². The molecule has 1 aromatic carbocycles. The van der Waals surface area contributed by atoms with E-state index in [9.17, 15) is 19.5 Å². The average Bonchev–Trinajstić information content (AvgIpc) is 2.56. The van der Waals surface area contributed by atoms with Gasteiger partial charge in [-0.25, -0.2) is 4.79 Å². The molecular formula is C20H30N2O5. The zero-order chi connectivity index (χ0) is 20.7. The van der Waals surface area contributed by atoms with Crippen molar-refractivity contribution >= 4 is 17.8 Å². The Morgan fingerprint density at radius 1 is 1.00 bits per heavy atom. The van der Waals surface area contributed by atoms with Crippen molar-refractivity contribution in [2.45, 2.75) is 59.4 Å². The Morgan fingerprint density at radius 2 is 1.63 bits per heavy atom. The van der Waals surface area contributed by atoms with Crippen molar-refractivity contribution in [2.24, 2.45) is 0 Å². The fraction of sp³-hybridized carbons (Fsp3) is 0.550. The van der Waals surface area contributed by atoms with Crippen LogP contribution in [0.1, 0.15) is 74.9 Å². The predicted molar refractivity (Wildman–Crippen MR) is 103 cm³/mol. The standard InChI is InChI=1S/C20H30N2O5/c1-11(2)14-7-15(12(3)4)19(25)16(8-14)20(26)27-10-18(24)21-9-17(23)22-13(5)6/h7-8,11-13,25H,9-10H2,1-6H3,(H,21,24)(H,22,23). The Hall–Kier alpha value is -2.57. The molecule has 150 valence electrons. The van der Waals surface area contributed by atoms with E-state index in [1.807, 2.05) is 47.6 Å². The van der Waals surface area contributed by atoms with Gasteiger partial charge in [-0.3, -0.25) is 9.59 Å². The van der Waals surface area contributed by atoms with Crippen LogP contribution in [-0.4, -0.2) is 42.1 Å². The van der Waals surface area contributed by atoms with Crippen molar-refractivity contribution in [3.63, 3.8) is 0 Å². The highest BCUT2D eigenvalue weighted by Crippen LogP contribution is 2.33. The molecule has 0 radical (unpaired) electrons. The molecular weight excluding hydrogens is 348 g/mol. The van der Waals surface area contributed by atoms with E-state index in [0.717, 1.165) is 5.56 Å². The summed E-state index contributed by atoms with van der Waals surface area (Å²) in [6.45, 7) is 10.7. The quantitative estimate of drug-likeness (QED) is 0.603. The third kappa shape index (κ3) is 6.92. The number of rotatable bonds is 8. The fourth-order valence-corrected chi connectivity index (χ4v) is 2.42. The first-order chi connectivity index (χ1) is 12.5. The highest BCUT2D eigenvalue weighted by molar-refractivity contribution is 5.95. The maximum atomic E-state index is 12.4. The molecule has 0 unspecified atom stereocenters. The third-order valence-corrected chi connectivity index (χ3v) is 3.90. The molecule has 0 bridgehead atoms. The molecule has 0 aromatic heterocycles. The van der Waals surface area contributed by atoms with Gasteiger partial charge in [0.2, 0.25) is 5.91 Å². The summed E-state index contributed by atoms with van der Waals surface area (Å²) in [6.07, 6.45) is 0. The number of nitrogens with one attached hydrogen (secondary N) is 2. The van der Waals surface area contributed by atoms with Gasteiger partial charge in [0.1, 0.15) is 11.3 Å². The summed E-state index contributed by atoms with van der Waals surface area (Å²) < 4.78 is 5.01. The van der Waals surface area contributed by atoms with Crippen LogP contribution in [0.5, 0.6) is 5.75 Å². The second-order valence-corrected chi connectivity index (χ2v) is 7.39. The molecule has 0 saturated carbocycles. The van der Waals surface area contributed by atoms with E-state index >= 15 is 0 Å². The van der Waals surface area contributed by atoms with E-state index in [1.54, 1.807) is 6.07 Å². The minimum atomic E-state index is -0.779. The molecule has 0 aliphatic heterocycles. The van der Waals surface area contributed by atoms with Gasteiger partial charge in [-0.05, 0) is 42.9 Å². The van der Waals surface area contributed by atoms with Crippen molar-refractivity contribution < 1.29 is 24.2 Å². The predicted octanol–water partition coefficient (Wildman–Crippen LogP) is 2.44. The molecule has 7 heteroatoms. The number of carbonyl (C=O) groups excluding carboxylic acids is 3. The van der Waals surface area contributed by atoms with E-state index in [4.69, 9.17) is 4.74 Å². The number of ether oxygens (including phenoxy) is 1. The molecule has 0 aliphatic carbocycles. The molecule has 0 spiro atoms. The molecule has 2 amide bonds. The SMILES string of the molecule is CC(C)NC(=O)CNC(=O)COC(=O)c1cc(C(C)C)cc(C(C)C)c1O. The van der Waals surface area contributed by atoms with Crippen LogP contribution in [0.3, 0.4) is 0 Å². The van der Waals surface area contributed by atoms with E-state index in [2.05, 4.69) is 10.6 Å². The average molecular weight is 378 g/mol. The second kappa shape index (κ2) is 9.94. The lowest BCUT2D eigenvalue weighted by atomic mass is 9.92. The van der Waals surface area contributed by atoms with Crippen molar-refractivity contribution in [1.29, 1.82) is 0 Å². The van der Waals surface area contributed by atoms with Gasteiger partial charge in [-0.15, -0.1) is 0 Å². The summed E-state index contributed by atoms with van der Waals surface area (Å²) in [4.78, 5) is 35.6. The van der Waals surface area contributed by atoms with E-state index < -0.39 is 18.5 Å². The Bertz CT molecular complexity index is 696. The van der Waals surface area contributed by atoms with Gasteiger partial charge in [-0.1, -0.05) is 33.8 Å². The first-order valence-electron chi connectivity index (χ1n) is 9.12. The highest BCUT2D eigenvalue weighted by atomic mass is 16.5. The third-order valence-electron chi connectivity index (χ3n) is 3.90. The van der Waals surface area contributed by atoms with Crippen molar-refractivity contribution in [1.82, 2.24) is 10.6 Å². The van der Waals surface area contributed by atoms with Crippen LogP contribution in [0.25, 0.3) is 0 Å². The number of esters is 1. The smallest absolute Gasteiger partial charge is 0.342 e. The van der Waals surface area contributed by atoms with Crippen LogP contribution in [0.15, 0.2) is 12.1 Å². The summed E-state index contributed by atoms with van der Waals surface area (Å²) in [5.41, 5.74) is 1.59. The van der Waals surface area contributed by atoms with Crippen LogP contribution in [0.2, 0.25) is 0 Å². The molecule has 0 aliphatic rings. The Morgan fingerprint density at radius 3 is 2.15 bits per heavy atom. The molecule has 0 saturated heterocycles. The number of phenols is 1. The minimum Gasteiger partial charge on any atom is -0.507 e. The minimum absolute atomic E-state index is 0.0259. The monoisotopic (exact) mass is 378 g/mol. The maximum absolute atomic E-state index is 12.4. The molecule has 1 aromatic rings. The highest BCUT2D eigenvalue weighted by Gasteiger charge is 2.21. The summed E-state index contributed by atoms with van der Waals surface area (Å²) in [5, 5.41) is 15.4. The lowest BCUT2D eigenvalue weighted by Crippen LogP contribution is -2.41. The van der Waals surface area contributed by atoms with Crippen LogP contribution < -0.4 is 10.6 Å². The van der Waals surface area contributed by atoms with E-state index in [1.165, 1.54) is 0 Å². The van der Waals surface area contributed by atoms with Gasteiger partial charge in [-0.2, -0.15) is 0 Å². The van der Waals surface area contributed by atoms with Gasteiger partial charge in [0, 0.05) is 6.04 Å². The van der Waals surface area contributed by atoms with Crippen LogP contribution in [0.4, 0.5) is 0 Å². The van der Waals surface area contributed by atoms with Gasteiger partial charge in [0.15, 0.2) is 6.61 Å². The molecule has 7 nitrogen and oxygen atoms in total. The largest absolute Gasteiger partial charge is 0.507 e. The topological polar surface area (TPSA) is 105 Å². The van der Waals surface area contributed by atoms with Crippen molar-refractivity contribution in [3.05, 3.63) is 28.8 Å². The number of carbonyl (C=O) groups is 3. The molecule has 0 atom stereocenters. The van der Waals surface area contributed by atoms with Gasteiger partial charge >= 0.3 is 5.97 Å². The summed E-state index contributed by atoms with van der Waals surface area (Å²) in [5.74, 6) is -1.63. The number of hydrogen-bond acceptors (Lipinski definition) is 5. The molecule has 0 fully saturated rings. The van der Waals surface area contributed by atoms with Crippen molar-refractivity contribution in [2.75, 3.05) is 13.2 Å². The van der Waals surface area contributed by atoms with Crippen LogP contribution in [0, 0.1) is 0 Å². The molecule has 1 rings (SSSR count). The van der Waals surface area contributed by atoms with Gasteiger partial charge in [0.25, 0.3) is 5.91 Å². The summed E-state index contributed by atoms with van der Waals surface area (Å²) in [6, 6.07) is 3.43. The number of phenolic OH excluding ortho intramolecular Hbond substituents is 1. The lowest BCUT2D eigenvalue weighted by molar-refractivity contribution is -0.128. The molecule has 0 heterocycles. The Balaban J connectivity index is 2.77. The van der Waals surface area contributed by atoms with E-state index in [-0.39, 0.29) is 41.6 Å². The second-order valence-electron chi connectivity index (χ2n) is 7.39. The maximum Gasteiger partial charge on any atom is 0.342 e. The lowest BCUT2D eigenvalue weighted by Gasteiger charge is -2.16. The van der Waals surface area contributed by atoms with Crippen LogP contribution >= 0.6 is 0 Å². The molecule has 3 N–H and O–H groups in total. The first-order valence-corrected chi connectivity index (χ1v) is 9.12. The summed E-state index contributed by atoms with van der Waals surface area (Å²) >= 11 is 0.